The number of carboxylic acids is 2. The molecule has 0 spiro atoms. The van der Waals surface area contributed by atoms with Crippen molar-refractivity contribution in [1.82, 2.24) is 0 Å². The number of carbonyl (C=O) groups is 2. The number of nitrogens with zero attached hydrogens (tertiary/aromatic N) is 4. The Kier molecular flexibility index (Phi) is 9.40. The van der Waals surface area contributed by atoms with E-state index >= 15 is 0 Å². The quantitative estimate of drug-likeness (QED) is 0.132. The van der Waals surface area contributed by atoms with E-state index in [0.29, 0.717) is 0 Å². The summed E-state index contributed by atoms with van der Waals surface area (Å²) in [4.78, 5) is 59.7. The van der Waals surface area contributed by atoms with Crippen LogP contribution in [0.3, 0.4) is 0 Å². The van der Waals surface area contributed by atoms with E-state index in [2.05, 4.69) is 9.47 Å². The average molecular weight is 428 g/mol. The molecule has 0 bridgehead atoms. The summed E-state index contributed by atoms with van der Waals surface area (Å²) in [7, 11) is 0. The molecule has 29 heavy (non-hydrogen) atoms. The molecule has 0 atom stereocenters. The normalized spacial score (nSPS) is 11.6. The van der Waals surface area contributed by atoms with Crippen molar-refractivity contribution in [2.24, 2.45) is 0 Å². The first-order valence-corrected chi connectivity index (χ1v) is 7.49. The highest BCUT2D eigenvalue weighted by molar-refractivity contribution is 5.67. The third-order valence-corrected chi connectivity index (χ3v) is 3.67. The number of ether oxygens (including phenoxy) is 2. The molecule has 0 aliphatic rings. The summed E-state index contributed by atoms with van der Waals surface area (Å²) in [5.74, 6) is -3.09. The summed E-state index contributed by atoms with van der Waals surface area (Å²) in [6.07, 6.45) is -3.97. The first kappa shape index (κ1) is 25.5. The first-order valence-electron chi connectivity index (χ1n) is 7.49. The van der Waals surface area contributed by atoms with Gasteiger partial charge in [-0.05, 0) is 0 Å². The summed E-state index contributed by atoms with van der Waals surface area (Å²) in [6.45, 7) is -3.67. The Hall–Kier alpha value is -3.54. The second kappa shape index (κ2) is 10.7. The number of nitro groups is 4. The maximum atomic E-state index is 11.0. The van der Waals surface area contributed by atoms with E-state index in [1.807, 2.05) is 0 Å². The molecule has 2 N–H and O–H groups in total. The number of carboxylic acid groups (broad SMARTS) is 2. The van der Waals surface area contributed by atoms with Crippen LogP contribution in [0.15, 0.2) is 0 Å². The van der Waals surface area contributed by atoms with Crippen LogP contribution >= 0.6 is 0 Å². The molecular formula is C11H16N4O14. The zero-order valence-electron chi connectivity index (χ0n) is 14.5. The molecule has 0 aliphatic carbocycles. The molecule has 164 valence electrons. The zero-order valence-corrected chi connectivity index (χ0v) is 14.5. The van der Waals surface area contributed by atoms with Gasteiger partial charge in [-0.25, -0.2) is 0 Å². The topological polar surface area (TPSA) is 266 Å². The number of hydrogen-bond acceptors (Lipinski definition) is 12. The van der Waals surface area contributed by atoms with Gasteiger partial charge in [0.15, 0.2) is 13.2 Å². The summed E-state index contributed by atoms with van der Waals surface area (Å²) in [5.41, 5.74) is -6.09. The predicted octanol–water partition coefficient (Wildman–Crippen LogP) is -0.794. The standard InChI is InChI=1S/C11H16N4O14/c16-8(17)1-3-10(12(20)21,13(22)23)5-28-7-29-6-11(14(24)25,15(26)27)4-2-9(18)19/h1-7H2,(H,16,17)(H,18,19). The molecule has 0 aromatic heterocycles. The van der Waals surface area contributed by atoms with Crippen LogP contribution in [-0.2, 0) is 19.1 Å². The Bertz CT molecular complexity index is 594. The minimum Gasteiger partial charge on any atom is -0.481 e. The molecule has 0 saturated heterocycles. The highest BCUT2D eigenvalue weighted by atomic mass is 16.7. The van der Waals surface area contributed by atoms with Gasteiger partial charge in [0, 0.05) is 0 Å². The SMILES string of the molecule is O=C(O)CCC(COCOCC(CCC(=O)O)([N+](=O)[O-])[N+](=O)[O-])([N+](=O)[O-])[N+](=O)[O-]. The third kappa shape index (κ3) is 6.84. The lowest BCUT2D eigenvalue weighted by molar-refractivity contribution is -0.802. The lowest BCUT2D eigenvalue weighted by atomic mass is 10.1. The largest absolute Gasteiger partial charge is 0.481 e. The van der Waals surface area contributed by atoms with Gasteiger partial charge in [0.1, 0.15) is 39.3 Å². The lowest BCUT2D eigenvalue weighted by Gasteiger charge is -2.18. The summed E-state index contributed by atoms with van der Waals surface area (Å²) < 4.78 is 9.15. The highest BCUT2D eigenvalue weighted by Crippen LogP contribution is 2.21. The molecule has 0 radical (unpaired) electrons. The smallest absolute Gasteiger partial charge is 0.481 e. The van der Waals surface area contributed by atoms with Gasteiger partial charge in [-0.2, -0.15) is 0 Å². The number of aliphatic carboxylic acids is 2. The fraction of sp³-hybridized carbons (Fsp3) is 0.818. The molecule has 0 saturated carbocycles. The van der Waals surface area contributed by atoms with E-state index in [0.717, 1.165) is 0 Å². The van der Waals surface area contributed by atoms with Crippen molar-refractivity contribution in [3.05, 3.63) is 40.5 Å². The van der Waals surface area contributed by atoms with Crippen LogP contribution in [0.4, 0.5) is 0 Å². The fourth-order valence-electron chi connectivity index (χ4n) is 1.94. The van der Waals surface area contributed by atoms with Crippen LogP contribution in [0.1, 0.15) is 25.7 Å². The summed E-state index contributed by atoms with van der Waals surface area (Å²) in [5, 5.41) is 61.3. The maximum absolute atomic E-state index is 11.0. The predicted molar refractivity (Wildman–Crippen MR) is 84.0 cm³/mol. The van der Waals surface area contributed by atoms with Gasteiger partial charge in [0.05, 0.1) is 12.8 Å². The fourth-order valence-corrected chi connectivity index (χ4v) is 1.94. The molecule has 0 fully saturated rings. The van der Waals surface area contributed by atoms with Crippen molar-refractivity contribution < 1.29 is 49.0 Å². The van der Waals surface area contributed by atoms with Gasteiger partial charge < -0.3 is 19.7 Å². The number of rotatable bonds is 16. The van der Waals surface area contributed by atoms with E-state index in [-0.39, 0.29) is 0 Å². The average Bonchev–Trinajstić information content (AvgIpc) is 2.58. The molecule has 0 heterocycles. The second-order valence-electron chi connectivity index (χ2n) is 5.60. The zero-order chi connectivity index (χ0) is 22.8. The van der Waals surface area contributed by atoms with Crippen LogP contribution in [0, 0.1) is 40.5 Å². The maximum Gasteiger partial charge on any atom is 0.481 e. The van der Waals surface area contributed by atoms with E-state index in [1.54, 1.807) is 0 Å². The van der Waals surface area contributed by atoms with Crippen molar-refractivity contribution in [2.45, 2.75) is 37.0 Å². The third-order valence-electron chi connectivity index (χ3n) is 3.67. The van der Waals surface area contributed by atoms with Crippen molar-refractivity contribution in [3.63, 3.8) is 0 Å². The minimum atomic E-state index is -3.05. The van der Waals surface area contributed by atoms with Gasteiger partial charge in [0.25, 0.3) is 0 Å². The molecule has 0 aliphatic heterocycles. The molecule has 0 aromatic carbocycles. The molecule has 18 nitrogen and oxygen atoms in total. The van der Waals surface area contributed by atoms with Crippen LogP contribution in [-0.4, -0.2) is 73.2 Å². The van der Waals surface area contributed by atoms with Gasteiger partial charge in [-0.3, -0.25) is 50.0 Å². The first-order chi connectivity index (χ1) is 13.3. The van der Waals surface area contributed by atoms with Crippen LogP contribution < -0.4 is 0 Å². The molecular weight excluding hydrogens is 412 g/mol. The highest BCUT2D eigenvalue weighted by Gasteiger charge is 2.58. The van der Waals surface area contributed by atoms with Crippen molar-refractivity contribution in [1.29, 1.82) is 0 Å². The molecule has 18 heteroatoms. The van der Waals surface area contributed by atoms with Crippen molar-refractivity contribution >= 4 is 11.9 Å². The van der Waals surface area contributed by atoms with Gasteiger partial charge in [-0.15, -0.1) is 0 Å². The van der Waals surface area contributed by atoms with Crippen LogP contribution in [0.2, 0.25) is 0 Å². The Morgan fingerprint density at radius 2 is 0.966 bits per heavy atom. The Balaban J connectivity index is 5.07. The molecule has 0 unspecified atom stereocenters. The van der Waals surface area contributed by atoms with E-state index in [9.17, 15) is 50.0 Å². The molecule has 0 aromatic rings. The van der Waals surface area contributed by atoms with Crippen LogP contribution in [0.25, 0.3) is 0 Å². The van der Waals surface area contributed by atoms with Gasteiger partial charge >= 0.3 is 23.3 Å². The van der Waals surface area contributed by atoms with Gasteiger partial charge in [-0.1, -0.05) is 0 Å². The van der Waals surface area contributed by atoms with Crippen LogP contribution in [0.5, 0.6) is 0 Å². The summed E-state index contributed by atoms with van der Waals surface area (Å²) in [6, 6.07) is 0. The van der Waals surface area contributed by atoms with E-state index < -0.39 is 88.6 Å². The molecule has 0 rings (SSSR count). The lowest BCUT2D eigenvalue weighted by Crippen LogP contribution is -2.52. The monoisotopic (exact) mass is 428 g/mol. The minimum absolute atomic E-state index is 0.937. The van der Waals surface area contributed by atoms with E-state index in [1.165, 1.54) is 0 Å². The Morgan fingerprint density at radius 3 is 1.17 bits per heavy atom. The van der Waals surface area contributed by atoms with Crippen molar-refractivity contribution in [2.75, 3.05) is 20.0 Å². The summed E-state index contributed by atoms with van der Waals surface area (Å²) >= 11 is 0. The van der Waals surface area contributed by atoms with Crippen molar-refractivity contribution in [3.8, 4) is 0 Å². The van der Waals surface area contributed by atoms with Gasteiger partial charge in [0.2, 0.25) is 0 Å². The molecule has 0 amide bonds. The Morgan fingerprint density at radius 1 is 0.690 bits per heavy atom. The number of hydrogen-bond donors (Lipinski definition) is 2. The van der Waals surface area contributed by atoms with E-state index in [4.69, 9.17) is 10.2 Å². The second-order valence-corrected chi connectivity index (χ2v) is 5.60. The Labute approximate surface area is 159 Å².